The fourth-order valence-corrected chi connectivity index (χ4v) is 2.55. The van der Waals surface area contributed by atoms with Gasteiger partial charge >= 0.3 is 11.4 Å². The zero-order valence-electron chi connectivity index (χ0n) is 13.6. The van der Waals surface area contributed by atoms with Gasteiger partial charge < -0.3 is 4.57 Å². The Morgan fingerprint density at radius 2 is 1.58 bits per heavy atom. The molecule has 0 saturated heterocycles. The summed E-state index contributed by atoms with van der Waals surface area (Å²) in [6, 6.07) is 11.0. The molecule has 0 saturated carbocycles. The van der Waals surface area contributed by atoms with Crippen LogP contribution in [0, 0.1) is 0 Å². The zero-order valence-corrected chi connectivity index (χ0v) is 13.6. The van der Waals surface area contributed by atoms with Gasteiger partial charge in [-0.2, -0.15) is 4.98 Å². The molecule has 122 valence electrons. The van der Waals surface area contributed by atoms with Crippen LogP contribution >= 0.6 is 0 Å². The van der Waals surface area contributed by atoms with Gasteiger partial charge in [-0.15, -0.1) is 0 Å². The van der Waals surface area contributed by atoms with E-state index in [4.69, 9.17) is 0 Å². The number of benzene rings is 1. The number of aromatic nitrogens is 4. The summed E-state index contributed by atoms with van der Waals surface area (Å²) in [5.41, 5.74) is 0.530. The van der Waals surface area contributed by atoms with Gasteiger partial charge in [-0.3, -0.25) is 13.9 Å². The van der Waals surface area contributed by atoms with Crippen LogP contribution in [0.15, 0.2) is 57.0 Å². The second-order valence-corrected chi connectivity index (χ2v) is 5.53. The van der Waals surface area contributed by atoms with Crippen molar-refractivity contribution in [2.45, 2.75) is 0 Å². The van der Waals surface area contributed by atoms with Crippen molar-refractivity contribution in [3.8, 4) is 22.5 Å². The lowest BCUT2D eigenvalue weighted by Gasteiger charge is -2.11. The van der Waals surface area contributed by atoms with Crippen LogP contribution in [0.5, 0.6) is 0 Å². The van der Waals surface area contributed by atoms with Crippen LogP contribution in [0.3, 0.4) is 0 Å². The maximum atomic E-state index is 12.4. The first kappa shape index (κ1) is 15.7. The van der Waals surface area contributed by atoms with Crippen molar-refractivity contribution in [2.24, 2.45) is 21.1 Å². The van der Waals surface area contributed by atoms with E-state index in [0.29, 0.717) is 5.69 Å². The van der Waals surface area contributed by atoms with Crippen molar-refractivity contribution < 1.29 is 0 Å². The fraction of sp³-hybridized carbons (Fsp3) is 0.176. The first-order valence-corrected chi connectivity index (χ1v) is 7.30. The van der Waals surface area contributed by atoms with Crippen LogP contribution in [0.4, 0.5) is 0 Å². The molecule has 0 aliphatic heterocycles. The largest absolute Gasteiger partial charge is 0.348 e. The van der Waals surface area contributed by atoms with Crippen molar-refractivity contribution in [1.29, 1.82) is 0 Å². The van der Waals surface area contributed by atoms with Crippen LogP contribution in [0.2, 0.25) is 0 Å². The fourth-order valence-electron chi connectivity index (χ4n) is 2.55. The maximum Gasteiger partial charge on any atom is 0.348 e. The van der Waals surface area contributed by atoms with Gasteiger partial charge in [-0.1, -0.05) is 30.3 Å². The Morgan fingerprint density at radius 1 is 0.917 bits per heavy atom. The van der Waals surface area contributed by atoms with Crippen LogP contribution in [-0.4, -0.2) is 18.7 Å². The minimum Gasteiger partial charge on any atom is -0.303 e. The van der Waals surface area contributed by atoms with E-state index in [2.05, 4.69) is 4.98 Å². The van der Waals surface area contributed by atoms with Gasteiger partial charge in [-0.05, 0) is 11.6 Å². The van der Waals surface area contributed by atoms with Gasteiger partial charge in [-0.25, -0.2) is 9.59 Å². The molecular weight excluding hydrogens is 308 g/mol. The van der Waals surface area contributed by atoms with Gasteiger partial charge in [0.2, 0.25) is 0 Å². The van der Waals surface area contributed by atoms with E-state index >= 15 is 0 Å². The number of hydrogen-bond donors (Lipinski definition) is 0. The second kappa shape index (κ2) is 5.77. The summed E-state index contributed by atoms with van der Waals surface area (Å²) >= 11 is 0. The molecule has 0 amide bonds. The van der Waals surface area contributed by atoms with E-state index in [1.807, 2.05) is 30.3 Å². The molecule has 0 fully saturated rings. The molecule has 2 aromatic heterocycles. The lowest BCUT2D eigenvalue weighted by molar-refractivity contribution is 0.687. The SMILES string of the molecule is Cn1cc(-c2cc(-c3ccccc3)n(C)c(=O)n2)c(=O)n(C)c1=O. The lowest BCUT2D eigenvalue weighted by atomic mass is 10.1. The minimum atomic E-state index is -0.488. The van der Waals surface area contributed by atoms with Crippen molar-refractivity contribution in [3.63, 3.8) is 0 Å². The van der Waals surface area contributed by atoms with Crippen molar-refractivity contribution in [2.75, 3.05) is 0 Å². The van der Waals surface area contributed by atoms with E-state index in [1.54, 1.807) is 20.2 Å². The Morgan fingerprint density at radius 3 is 2.25 bits per heavy atom. The molecule has 0 aliphatic carbocycles. The Labute approximate surface area is 137 Å². The number of hydrogen-bond acceptors (Lipinski definition) is 4. The van der Waals surface area contributed by atoms with Crippen molar-refractivity contribution >= 4 is 0 Å². The monoisotopic (exact) mass is 324 g/mol. The van der Waals surface area contributed by atoms with E-state index in [0.717, 1.165) is 10.1 Å². The van der Waals surface area contributed by atoms with Gasteiger partial charge in [0, 0.05) is 27.3 Å². The van der Waals surface area contributed by atoms with Crippen molar-refractivity contribution in [1.82, 2.24) is 18.7 Å². The molecule has 0 aliphatic rings. The van der Waals surface area contributed by atoms with E-state index in [-0.39, 0.29) is 11.3 Å². The third-order valence-corrected chi connectivity index (χ3v) is 3.93. The van der Waals surface area contributed by atoms with Crippen LogP contribution in [0.25, 0.3) is 22.5 Å². The number of nitrogens with zero attached hydrogens (tertiary/aromatic N) is 4. The molecule has 3 aromatic rings. The molecule has 7 nitrogen and oxygen atoms in total. The summed E-state index contributed by atoms with van der Waals surface area (Å²) in [6.45, 7) is 0. The summed E-state index contributed by atoms with van der Waals surface area (Å²) in [5.74, 6) is 0. The molecule has 2 heterocycles. The van der Waals surface area contributed by atoms with E-state index in [9.17, 15) is 14.4 Å². The first-order valence-electron chi connectivity index (χ1n) is 7.30. The quantitative estimate of drug-likeness (QED) is 0.688. The standard InChI is InChI=1S/C17H16N4O3/c1-19-10-12(15(22)21(3)17(19)24)13-9-14(20(2)16(23)18-13)11-7-5-4-6-8-11/h4-10H,1-3H3. The third-order valence-electron chi connectivity index (χ3n) is 3.93. The molecule has 0 unspecified atom stereocenters. The predicted molar refractivity (Wildman–Crippen MR) is 90.8 cm³/mol. The average molecular weight is 324 g/mol. The topological polar surface area (TPSA) is 78.9 Å². The summed E-state index contributed by atoms with van der Waals surface area (Å²) < 4.78 is 3.71. The summed E-state index contributed by atoms with van der Waals surface area (Å²) in [5, 5.41) is 0. The normalized spacial score (nSPS) is 10.8. The summed E-state index contributed by atoms with van der Waals surface area (Å²) in [6.07, 6.45) is 1.40. The Bertz CT molecular complexity index is 1090. The molecule has 0 atom stereocenters. The highest BCUT2D eigenvalue weighted by Gasteiger charge is 2.14. The molecule has 0 spiro atoms. The number of aryl methyl sites for hydroxylation is 1. The minimum absolute atomic E-state index is 0.203. The third kappa shape index (κ3) is 2.50. The predicted octanol–water partition coefficient (Wildman–Crippen LogP) is 0.512. The molecule has 1 aromatic carbocycles. The molecule has 3 rings (SSSR count). The van der Waals surface area contributed by atoms with Crippen LogP contribution in [-0.2, 0) is 21.1 Å². The molecule has 7 heteroatoms. The molecule has 0 bridgehead atoms. The van der Waals surface area contributed by atoms with Crippen LogP contribution in [0.1, 0.15) is 0 Å². The van der Waals surface area contributed by atoms with Gasteiger partial charge in [0.05, 0.1) is 17.0 Å². The molecule has 0 radical (unpaired) electrons. The molecule has 0 N–H and O–H groups in total. The highest BCUT2D eigenvalue weighted by atomic mass is 16.2. The Balaban J connectivity index is 2.33. The first-order chi connectivity index (χ1) is 11.4. The zero-order chi connectivity index (χ0) is 17.4. The lowest BCUT2D eigenvalue weighted by Crippen LogP contribution is -2.37. The van der Waals surface area contributed by atoms with Crippen LogP contribution < -0.4 is 16.9 Å². The number of rotatable bonds is 2. The average Bonchev–Trinajstić information content (AvgIpc) is 2.59. The second-order valence-electron chi connectivity index (χ2n) is 5.53. The van der Waals surface area contributed by atoms with E-state index < -0.39 is 16.9 Å². The highest BCUT2D eigenvalue weighted by Crippen LogP contribution is 2.20. The highest BCUT2D eigenvalue weighted by molar-refractivity contribution is 5.67. The van der Waals surface area contributed by atoms with E-state index in [1.165, 1.54) is 22.4 Å². The Hall–Kier alpha value is -3.22. The molecular formula is C17H16N4O3. The van der Waals surface area contributed by atoms with Gasteiger partial charge in [0.15, 0.2) is 0 Å². The maximum absolute atomic E-state index is 12.4. The smallest absolute Gasteiger partial charge is 0.303 e. The van der Waals surface area contributed by atoms with Crippen molar-refractivity contribution in [3.05, 3.63) is 73.9 Å². The van der Waals surface area contributed by atoms with Gasteiger partial charge in [0.1, 0.15) is 0 Å². The van der Waals surface area contributed by atoms with Gasteiger partial charge in [0.25, 0.3) is 5.56 Å². The Kier molecular flexibility index (Phi) is 3.76. The molecule has 24 heavy (non-hydrogen) atoms. The summed E-state index contributed by atoms with van der Waals surface area (Å²) in [7, 11) is 4.57. The summed E-state index contributed by atoms with van der Waals surface area (Å²) in [4.78, 5) is 40.4.